The van der Waals surface area contributed by atoms with Crippen LogP contribution in [0, 0.1) is 0 Å². The maximum atomic E-state index is 12.8. The molecule has 0 spiro atoms. The van der Waals surface area contributed by atoms with Gasteiger partial charge in [-0.15, -0.1) is 0 Å². The summed E-state index contributed by atoms with van der Waals surface area (Å²) in [5.74, 6) is 1.87. The molecule has 0 saturated heterocycles. The van der Waals surface area contributed by atoms with E-state index >= 15 is 0 Å². The third-order valence-corrected chi connectivity index (χ3v) is 5.57. The molecular formula is C23H18O8. The molecule has 0 bridgehead atoms. The van der Waals surface area contributed by atoms with E-state index in [4.69, 9.17) is 28.4 Å². The summed E-state index contributed by atoms with van der Waals surface area (Å²) < 4.78 is 32.8. The third-order valence-electron chi connectivity index (χ3n) is 5.57. The largest absolute Gasteiger partial charge is 0.493 e. The van der Waals surface area contributed by atoms with Crippen molar-refractivity contribution in [1.29, 1.82) is 0 Å². The smallest absolute Gasteiger partial charge is 0.339 e. The molecule has 0 amide bonds. The molecule has 0 radical (unpaired) electrons. The number of benzene rings is 3. The van der Waals surface area contributed by atoms with Crippen LogP contribution in [0.2, 0.25) is 0 Å². The van der Waals surface area contributed by atoms with Crippen molar-refractivity contribution in [3.05, 3.63) is 41.0 Å². The fourth-order valence-electron chi connectivity index (χ4n) is 4.20. The number of ether oxygens (including phenoxy) is 6. The molecule has 158 valence electrons. The van der Waals surface area contributed by atoms with Crippen molar-refractivity contribution in [2.75, 3.05) is 28.1 Å². The number of aldehydes is 1. The Labute approximate surface area is 177 Å². The molecule has 0 aliphatic carbocycles. The van der Waals surface area contributed by atoms with Gasteiger partial charge in [-0.2, -0.15) is 0 Å². The number of hydrogen-bond acceptors (Lipinski definition) is 8. The summed E-state index contributed by atoms with van der Waals surface area (Å²) in [6.45, 7) is 0.105. The van der Waals surface area contributed by atoms with Crippen LogP contribution < -0.4 is 23.7 Å². The second kappa shape index (κ2) is 7.09. The molecule has 0 aromatic heterocycles. The van der Waals surface area contributed by atoms with Crippen LogP contribution in [0.3, 0.4) is 0 Å². The Hall–Kier alpha value is -3.94. The monoisotopic (exact) mass is 422 g/mol. The van der Waals surface area contributed by atoms with Crippen molar-refractivity contribution in [1.82, 2.24) is 0 Å². The Bertz CT molecular complexity index is 1240. The number of rotatable bonds is 5. The first-order chi connectivity index (χ1) is 15.1. The van der Waals surface area contributed by atoms with Crippen molar-refractivity contribution in [3.8, 4) is 39.9 Å². The lowest BCUT2D eigenvalue weighted by atomic mass is 9.86. The molecule has 2 aliphatic rings. The zero-order chi connectivity index (χ0) is 21.7. The topological polar surface area (TPSA) is 89.5 Å². The Balaban J connectivity index is 1.93. The van der Waals surface area contributed by atoms with Crippen LogP contribution in [0.4, 0.5) is 0 Å². The van der Waals surface area contributed by atoms with Gasteiger partial charge in [-0.1, -0.05) is 0 Å². The van der Waals surface area contributed by atoms with Crippen molar-refractivity contribution in [2.24, 2.45) is 0 Å². The third kappa shape index (κ3) is 2.68. The Morgan fingerprint density at radius 1 is 0.839 bits per heavy atom. The predicted molar refractivity (Wildman–Crippen MR) is 110 cm³/mol. The summed E-state index contributed by atoms with van der Waals surface area (Å²) in [4.78, 5) is 24.8. The van der Waals surface area contributed by atoms with E-state index in [1.807, 2.05) is 0 Å². The highest BCUT2D eigenvalue weighted by Gasteiger charge is 2.33. The van der Waals surface area contributed by atoms with Crippen LogP contribution >= 0.6 is 0 Å². The van der Waals surface area contributed by atoms with Crippen LogP contribution in [-0.2, 0) is 11.3 Å². The maximum absolute atomic E-state index is 12.8. The molecule has 0 fully saturated rings. The molecule has 0 saturated carbocycles. The Morgan fingerprint density at radius 3 is 2.06 bits per heavy atom. The molecule has 8 nitrogen and oxygen atoms in total. The zero-order valence-corrected chi connectivity index (χ0v) is 17.1. The van der Waals surface area contributed by atoms with Gasteiger partial charge in [-0.25, -0.2) is 4.79 Å². The van der Waals surface area contributed by atoms with Gasteiger partial charge in [0.15, 0.2) is 29.3 Å². The van der Waals surface area contributed by atoms with Gasteiger partial charge in [0.1, 0.15) is 6.61 Å². The average Bonchev–Trinajstić information content (AvgIpc) is 3.41. The first-order valence-electron chi connectivity index (χ1n) is 9.46. The quantitative estimate of drug-likeness (QED) is 0.454. The zero-order valence-electron chi connectivity index (χ0n) is 17.1. The molecule has 0 unspecified atom stereocenters. The number of carbonyl (C=O) groups is 2. The minimum Gasteiger partial charge on any atom is -0.493 e. The highest BCUT2D eigenvalue weighted by atomic mass is 16.7. The average molecular weight is 422 g/mol. The summed E-state index contributed by atoms with van der Waals surface area (Å²) in [7, 11) is 4.56. The minimum atomic E-state index is -0.499. The molecule has 2 aliphatic heterocycles. The fourth-order valence-corrected chi connectivity index (χ4v) is 4.20. The van der Waals surface area contributed by atoms with Crippen LogP contribution in [0.5, 0.6) is 28.7 Å². The van der Waals surface area contributed by atoms with Gasteiger partial charge in [-0.3, -0.25) is 4.79 Å². The number of carbonyl (C=O) groups excluding carboxylic acids is 2. The van der Waals surface area contributed by atoms with Crippen LogP contribution in [-0.4, -0.2) is 40.4 Å². The van der Waals surface area contributed by atoms with Gasteiger partial charge >= 0.3 is 5.97 Å². The minimum absolute atomic E-state index is 0.0179. The lowest BCUT2D eigenvalue weighted by molar-refractivity contribution is 0.0535. The second-order valence-electron chi connectivity index (χ2n) is 7.00. The summed E-state index contributed by atoms with van der Waals surface area (Å²) in [6, 6.07) is 7.04. The van der Waals surface area contributed by atoms with E-state index < -0.39 is 5.97 Å². The molecule has 8 heteroatoms. The Kier molecular flexibility index (Phi) is 4.35. The predicted octanol–water partition coefficient (Wildman–Crippen LogP) is 3.74. The lowest BCUT2D eigenvalue weighted by Crippen LogP contribution is -2.03. The van der Waals surface area contributed by atoms with Crippen molar-refractivity contribution in [2.45, 2.75) is 6.61 Å². The van der Waals surface area contributed by atoms with Crippen molar-refractivity contribution in [3.63, 3.8) is 0 Å². The maximum Gasteiger partial charge on any atom is 0.339 e. The molecular weight excluding hydrogens is 404 g/mol. The van der Waals surface area contributed by atoms with Gasteiger partial charge in [-0.05, 0) is 40.6 Å². The number of hydrogen-bond donors (Lipinski definition) is 0. The van der Waals surface area contributed by atoms with E-state index in [2.05, 4.69) is 0 Å². The summed E-state index contributed by atoms with van der Waals surface area (Å²) >= 11 is 0. The molecule has 0 N–H and O–H groups in total. The standard InChI is InChI=1S/C23H18O8/c1-26-18-4-11(5-19(27-2)22(18)28-3)20-13-7-17-16(30-10-31-17)6-12(13)14(8-24)15-9-29-23(25)21(15)20/h4-8H,9-10H2,1-3H3. The molecule has 2 heterocycles. The number of methoxy groups -OCH3 is 3. The number of cyclic esters (lactones) is 1. The van der Waals surface area contributed by atoms with Crippen LogP contribution in [0.1, 0.15) is 26.3 Å². The summed E-state index contributed by atoms with van der Waals surface area (Å²) in [5, 5.41) is 1.29. The number of fused-ring (bicyclic) bond motifs is 3. The van der Waals surface area contributed by atoms with E-state index in [1.165, 1.54) is 21.3 Å². The normalized spacial score (nSPS) is 13.7. The van der Waals surface area contributed by atoms with Crippen molar-refractivity contribution >= 4 is 23.0 Å². The molecule has 3 aromatic rings. The van der Waals surface area contributed by atoms with Crippen LogP contribution in [0.15, 0.2) is 24.3 Å². The lowest BCUT2D eigenvalue weighted by Gasteiger charge is -2.18. The van der Waals surface area contributed by atoms with E-state index in [-0.39, 0.29) is 13.4 Å². The fraction of sp³-hybridized carbons (Fsp3) is 0.217. The molecule has 3 aromatic carbocycles. The molecule has 5 rings (SSSR count). The van der Waals surface area contributed by atoms with Crippen LogP contribution in [0.25, 0.3) is 21.9 Å². The first-order valence-corrected chi connectivity index (χ1v) is 9.46. The van der Waals surface area contributed by atoms with Gasteiger partial charge < -0.3 is 28.4 Å². The van der Waals surface area contributed by atoms with E-state index in [0.29, 0.717) is 67.3 Å². The van der Waals surface area contributed by atoms with Gasteiger partial charge in [0.25, 0.3) is 0 Å². The van der Waals surface area contributed by atoms with Gasteiger partial charge in [0.2, 0.25) is 12.5 Å². The highest BCUT2D eigenvalue weighted by molar-refractivity contribution is 6.16. The van der Waals surface area contributed by atoms with E-state index in [9.17, 15) is 9.59 Å². The van der Waals surface area contributed by atoms with E-state index in [0.717, 1.165) is 6.29 Å². The highest BCUT2D eigenvalue weighted by Crippen LogP contribution is 2.48. The second-order valence-corrected chi connectivity index (χ2v) is 7.00. The van der Waals surface area contributed by atoms with Gasteiger partial charge in [0, 0.05) is 16.7 Å². The number of esters is 1. The van der Waals surface area contributed by atoms with Gasteiger partial charge in [0.05, 0.1) is 26.9 Å². The first kappa shape index (κ1) is 19.0. The SMILES string of the molecule is COc1cc(-c2c3c(c(C=O)c4cc5c(cc24)OCO5)COC3=O)cc(OC)c1OC. The van der Waals surface area contributed by atoms with E-state index in [1.54, 1.807) is 24.3 Å². The summed E-state index contributed by atoms with van der Waals surface area (Å²) in [6.07, 6.45) is 0.740. The summed E-state index contributed by atoms with van der Waals surface area (Å²) in [5.41, 5.74) is 2.50. The molecule has 0 atom stereocenters. The Morgan fingerprint density at radius 2 is 1.48 bits per heavy atom. The molecule has 31 heavy (non-hydrogen) atoms. The van der Waals surface area contributed by atoms with Crippen molar-refractivity contribution < 1.29 is 38.0 Å².